The lowest BCUT2D eigenvalue weighted by Gasteiger charge is -2.10. The van der Waals surface area contributed by atoms with Crippen LogP contribution in [0.1, 0.15) is 0 Å². The lowest BCUT2D eigenvalue weighted by atomic mass is 10.3. The van der Waals surface area contributed by atoms with Crippen LogP contribution >= 0.6 is 11.6 Å². The summed E-state index contributed by atoms with van der Waals surface area (Å²) in [5, 5.41) is 0. The lowest BCUT2D eigenvalue weighted by Crippen LogP contribution is -2.25. The molecule has 0 aliphatic heterocycles. The van der Waals surface area contributed by atoms with E-state index in [1.807, 2.05) is 0 Å². The number of ether oxygens (including phenoxy) is 2. The van der Waals surface area contributed by atoms with Crippen molar-refractivity contribution in [1.82, 2.24) is 4.72 Å². The zero-order valence-corrected chi connectivity index (χ0v) is 11.1. The predicted molar refractivity (Wildman–Crippen MR) is 65.5 cm³/mol. The van der Waals surface area contributed by atoms with Crippen LogP contribution in [0.4, 0.5) is 0 Å². The van der Waals surface area contributed by atoms with Crippen molar-refractivity contribution < 1.29 is 17.9 Å². The maximum absolute atomic E-state index is 11.8. The second kappa shape index (κ2) is 6.09. The fourth-order valence-corrected chi connectivity index (χ4v) is 2.49. The molecule has 0 heterocycles. The van der Waals surface area contributed by atoms with E-state index in [-0.39, 0.29) is 17.3 Å². The summed E-state index contributed by atoms with van der Waals surface area (Å²) in [6.07, 6.45) is 0. The van der Waals surface area contributed by atoms with E-state index in [0.717, 1.165) is 0 Å². The Morgan fingerprint density at radius 3 is 2.41 bits per heavy atom. The third-order valence-corrected chi connectivity index (χ3v) is 3.70. The molecule has 0 bridgehead atoms. The van der Waals surface area contributed by atoms with E-state index in [9.17, 15) is 8.42 Å². The smallest absolute Gasteiger partial charge is 0.240 e. The summed E-state index contributed by atoms with van der Waals surface area (Å²) in [6, 6.07) is 4.38. The van der Waals surface area contributed by atoms with E-state index in [1.165, 1.54) is 32.4 Å². The van der Waals surface area contributed by atoms with Gasteiger partial charge in [0.1, 0.15) is 0 Å². The number of nitrogens with one attached hydrogen (secondary N) is 1. The van der Waals surface area contributed by atoms with Gasteiger partial charge in [0.2, 0.25) is 10.0 Å². The minimum absolute atomic E-state index is 0.111. The molecule has 0 unspecified atom stereocenters. The molecule has 0 atom stereocenters. The average molecular weight is 280 g/mol. The van der Waals surface area contributed by atoms with E-state index >= 15 is 0 Å². The Morgan fingerprint density at radius 2 is 1.88 bits per heavy atom. The Bertz CT molecular complexity index is 475. The summed E-state index contributed by atoms with van der Waals surface area (Å²) in [6.45, 7) is 0.179. The number of halogens is 1. The van der Waals surface area contributed by atoms with Gasteiger partial charge in [-0.1, -0.05) is 0 Å². The van der Waals surface area contributed by atoms with Crippen molar-refractivity contribution in [3.05, 3.63) is 18.2 Å². The molecule has 96 valence electrons. The topological polar surface area (TPSA) is 64.6 Å². The van der Waals surface area contributed by atoms with Gasteiger partial charge in [-0.05, 0) is 12.1 Å². The number of sulfonamides is 1. The summed E-state index contributed by atoms with van der Waals surface area (Å²) in [7, 11) is -0.621. The van der Waals surface area contributed by atoms with Crippen LogP contribution < -0.4 is 14.2 Å². The number of alkyl halides is 1. The first-order valence-corrected chi connectivity index (χ1v) is 6.84. The molecule has 0 radical (unpaired) electrons. The molecule has 5 nitrogen and oxygen atoms in total. The van der Waals surface area contributed by atoms with E-state index < -0.39 is 10.0 Å². The van der Waals surface area contributed by atoms with Crippen LogP contribution in [0.3, 0.4) is 0 Å². The summed E-state index contributed by atoms with van der Waals surface area (Å²) in [4.78, 5) is 0.111. The average Bonchev–Trinajstić information content (AvgIpc) is 2.35. The van der Waals surface area contributed by atoms with Gasteiger partial charge in [0, 0.05) is 18.5 Å². The molecule has 17 heavy (non-hydrogen) atoms. The molecule has 1 N–H and O–H groups in total. The van der Waals surface area contributed by atoms with E-state index in [4.69, 9.17) is 21.1 Å². The second-order valence-electron chi connectivity index (χ2n) is 3.10. The van der Waals surface area contributed by atoms with Gasteiger partial charge in [0.15, 0.2) is 11.5 Å². The van der Waals surface area contributed by atoms with Gasteiger partial charge in [-0.25, -0.2) is 13.1 Å². The first-order chi connectivity index (χ1) is 8.05. The second-order valence-corrected chi connectivity index (χ2v) is 5.25. The Kier molecular flexibility index (Phi) is 5.04. The van der Waals surface area contributed by atoms with Crippen molar-refractivity contribution in [2.24, 2.45) is 0 Å². The zero-order chi connectivity index (χ0) is 12.9. The molecule has 0 saturated heterocycles. The highest BCUT2D eigenvalue weighted by atomic mass is 35.5. The summed E-state index contributed by atoms with van der Waals surface area (Å²) in [5.41, 5.74) is 0. The SMILES string of the molecule is COc1ccc(S(=O)(=O)NCCCl)cc1OC. The highest BCUT2D eigenvalue weighted by molar-refractivity contribution is 7.89. The third kappa shape index (κ3) is 3.49. The quantitative estimate of drug-likeness (QED) is 0.795. The Balaban J connectivity index is 3.07. The molecular weight excluding hydrogens is 266 g/mol. The largest absolute Gasteiger partial charge is 0.493 e. The van der Waals surface area contributed by atoms with Crippen LogP contribution in [0, 0.1) is 0 Å². The Morgan fingerprint density at radius 1 is 1.24 bits per heavy atom. The number of hydrogen-bond donors (Lipinski definition) is 1. The fraction of sp³-hybridized carbons (Fsp3) is 0.400. The Labute approximate surface area is 106 Å². The summed E-state index contributed by atoms with van der Waals surface area (Å²) in [5.74, 6) is 1.05. The molecule has 0 aromatic heterocycles. The van der Waals surface area contributed by atoms with Crippen LogP contribution in [0.25, 0.3) is 0 Å². The van der Waals surface area contributed by atoms with Crippen LogP contribution in [0.15, 0.2) is 23.1 Å². The molecule has 1 aromatic carbocycles. The lowest BCUT2D eigenvalue weighted by molar-refractivity contribution is 0.354. The molecular formula is C10H14ClNO4S. The summed E-state index contributed by atoms with van der Waals surface area (Å²) < 4.78 is 36.0. The van der Waals surface area contributed by atoms with E-state index in [2.05, 4.69) is 4.72 Å². The van der Waals surface area contributed by atoms with Crippen LogP contribution in [0.2, 0.25) is 0 Å². The molecule has 0 fully saturated rings. The standard InChI is InChI=1S/C10H14ClNO4S/c1-15-9-4-3-8(7-10(9)16-2)17(13,14)12-6-5-11/h3-4,7,12H,5-6H2,1-2H3. The molecule has 0 aliphatic rings. The maximum atomic E-state index is 11.8. The minimum atomic E-state index is -3.55. The molecule has 0 spiro atoms. The van der Waals surface area contributed by atoms with Gasteiger partial charge in [0.25, 0.3) is 0 Å². The first-order valence-electron chi connectivity index (χ1n) is 4.83. The van der Waals surface area contributed by atoms with Gasteiger partial charge >= 0.3 is 0 Å². The molecule has 0 amide bonds. The van der Waals surface area contributed by atoms with Gasteiger partial charge < -0.3 is 9.47 Å². The molecule has 0 aliphatic carbocycles. The van der Waals surface area contributed by atoms with Crippen molar-refractivity contribution in [3.8, 4) is 11.5 Å². The van der Waals surface area contributed by atoms with Crippen molar-refractivity contribution in [2.75, 3.05) is 26.6 Å². The predicted octanol–water partition coefficient (Wildman–Crippen LogP) is 1.22. The van der Waals surface area contributed by atoms with Gasteiger partial charge in [-0.15, -0.1) is 11.6 Å². The molecule has 0 saturated carbocycles. The normalized spacial score (nSPS) is 11.2. The van der Waals surface area contributed by atoms with Crippen LogP contribution in [-0.2, 0) is 10.0 Å². The highest BCUT2D eigenvalue weighted by Gasteiger charge is 2.16. The van der Waals surface area contributed by atoms with Crippen LogP contribution in [0.5, 0.6) is 11.5 Å². The van der Waals surface area contributed by atoms with Crippen molar-refractivity contribution >= 4 is 21.6 Å². The molecule has 1 aromatic rings. The highest BCUT2D eigenvalue weighted by Crippen LogP contribution is 2.29. The summed E-state index contributed by atoms with van der Waals surface area (Å²) >= 11 is 5.43. The van der Waals surface area contributed by atoms with E-state index in [0.29, 0.717) is 11.5 Å². The van der Waals surface area contributed by atoms with Crippen LogP contribution in [-0.4, -0.2) is 35.1 Å². The number of hydrogen-bond acceptors (Lipinski definition) is 4. The minimum Gasteiger partial charge on any atom is -0.493 e. The molecule has 7 heteroatoms. The van der Waals surface area contributed by atoms with Gasteiger partial charge in [-0.3, -0.25) is 0 Å². The number of rotatable bonds is 6. The third-order valence-electron chi connectivity index (χ3n) is 2.05. The monoisotopic (exact) mass is 279 g/mol. The fourth-order valence-electron chi connectivity index (χ4n) is 1.24. The van der Waals surface area contributed by atoms with Gasteiger partial charge in [-0.2, -0.15) is 0 Å². The maximum Gasteiger partial charge on any atom is 0.240 e. The Hall–Kier alpha value is -0.980. The molecule has 1 rings (SSSR count). The first kappa shape index (κ1) is 14.1. The number of methoxy groups -OCH3 is 2. The van der Waals surface area contributed by atoms with Gasteiger partial charge in [0.05, 0.1) is 19.1 Å². The number of benzene rings is 1. The van der Waals surface area contributed by atoms with E-state index in [1.54, 1.807) is 0 Å². The van der Waals surface area contributed by atoms with Crippen molar-refractivity contribution in [3.63, 3.8) is 0 Å². The van der Waals surface area contributed by atoms with Crippen molar-refractivity contribution in [2.45, 2.75) is 4.90 Å². The van der Waals surface area contributed by atoms with Crippen molar-refractivity contribution in [1.29, 1.82) is 0 Å². The zero-order valence-electron chi connectivity index (χ0n) is 9.57.